The molecule has 0 aliphatic carbocycles. The van der Waals surface area contributed by atoms with Gasteiger partial charge in [-0.2, -0.15) is 0 Å². The average molecular weight is 417 g/mol. The highest BCUT2D eigenvalue weighted by Gasteiger charge is 2.25. The molecule has 0 aliphatic rings. The van der Waals surface area contributed by atoms with Gasteiger partial charge < -0.3 is 10.2 Å². The molecule has 0 saturated heterocycles. The van der Waals surface area contributed by atoms with Crippen molar-refractivity contribution in [1.29, 1.82) is 0 Å². The average Bonchev–Trinajstić information content (AvgIpc) is 2.64. The molecule has 2 aromatic rings. The summed E-state index contributed by atoms with van der Waals surface area (Å²) < 4.78 is 0.952. The molecule has 0 unspecified atom stereocenters. The van der Waals surface area contributed by atoms with Gasteiger partial charge in [-0.1, -0.05) is 65.3 Å². The molecule has 0 radical (unpaired) electrons. The van der Waals surface area contributed by atoms with E-state index in [9.17, 15) is 9.59 Å². The van der Waals surface area contributed by atoms with Crippen LogP contribution in [0.2, 0.25) is 0 Å². The number of nitrogens with zero attached hydrogens (tertiary/aromatic N) is 1. The van der Waals surface area contributed by atoms with E-state index < -0.39 is 6.04 Å². The first-order chi connectivity index (χ1) is 12.5. The Hall–Kier alpha value is -2.14. The van der Waals surface area contributed by atoms with E-state index in [0.29, 0.717) is 13.1 Å². The van der Waals surface area contributed by atoms with Crippen molar-refractivity contribution in [3.8, 4) is 0 Å². The van der Waals surface area contributed by atoms with Crippen LogP contribution in [0, 0.1) is 0 Å². The van der Waals surface area contributed by atoms with E-state index in [1.807, 2.05) is 61.5 Å². The van der Waals surface area contributed by atoms with Crippen LogP contribution < -0.4 is 5.32 Å². The number of amides is 2. The van der Waals surface area contributed by atoms with Crippen LogP contribution in [0.5, 0.6) is 0 Å². The number of carbonyl (C=O) groups is 2. The molecule has 0 heterocycles. The van der Waals surface area contributed by atoms with Crippen LogP contribution in [0.1, 0.15) is 31.4 Å². The third kappa shape index (κ3) is 5.99. The molecule has 2 aromatic carbocycles. The molecule has 26 heavy (non-hydrogen) atoms. The van der Waals surface area contributed by atoms with E-state index >= 15 is 0 Å². The van der Waals surface area contributed by atoms with Gasteiger partial charge in [0.1, 0.15) is 6.04 Å². The van der Waals surface area contributed by atoms with Gasteiger partial charge in [0.25, 0.3) is 0 Å². The van der Waals surface area contributed by atoms with E-state index in [4.69, 9.17) is 0 Å². The van der Waals surface area contributed by atoms with E-state index in [1.165, 1.54) is 0 Å². The zero-order chi connectivity index (χ0) is 18.9. The van der Waals surface area contributed by atoms with Crippen molar-refractivity contribution in [1.82, 2.24) is 10.2 Å². The van der Waals surface area contributed by atoms with E-state index in [2.05, 4.69) is 21.2 Å². The van der Waals surface area contributed by atoms with Gasteiger partial charge >= 0.3 is 0 Å². The molecule has 0 bridgehead atoms. The second-order valence-electron chi connectivity index (χ2n) is 6.28. The molecular weight excluding hydrogens is 392 g/mol. The summed E-state index contributed by atoms with van der Waals surface area (Å²) in [6, 6.07) is 16.9. The highest BCUT2D eigenvalue weighted by Crippen LogP contribution is 2.16. The van der Waals surface area contributed by atoms with E-state index in [0.717, 1.165) is 22.0 Å². The van der Waals surface area contributed by atoms with Crippen LogP contribution in [0.15, 0.2) is 59.1 Å². The van der Waals surface area contributed by atoms with Crippen molar-refractivity contribution >= 4 is 27.7 Å². The standard InChI is InChI=1S/C21H25BrN2O2/c1-3-12-23-21(26)16(2)24(15-18-10-7-11-19(22)13-18)20(25)14-17-8-5-4-6-9-17/h4-11,13,16H,3,12,14-15H2,1-2H3,(H,23,26)/t16-/m0/s1. The zero-order valence-corrected chi connectivity index (χ0v) is 16.8. The third-order valence-corrected chi connectivity index (χ3v) is 4.65. The maximum atomic E-state index is 13.0. The third-order valence-electron chi connectivity index (χ3n) is 4.16. The van der Waals surface area contributed by atoms with Crippen LogP contribution in [0.3, 0.4) is 0 Å². The van der Waals surface area contributed by atoms with Gasteiger partial charge in [0.15, 0.2) is 0 Å². The van der Waals surface area contributed by atoms with Crippen molar-refractivity contribution in [2.24, 2.45) is 0 Å². The van der Waals surface area contributed by atoms with Crippen LogP contribution >= 0.6 is 15.9 Å². The quantitative estimate of drug-likeness (QED) is 0.708. The van der Waals surface area contributed by atoms with Crippen molar-refractivity contribution in [3.63, 3.8) is 0 Å². The van der Waals surface area contributed by atoms with Crippen LogP contribution in [-0.2, 0) is 22.6 Å². The molecule has 4 nitrogen and oxygen atoms in total. The highest BCUT2D eigenvalue weighted by atomic mass is 79.9. The van der Waals surface area contributed by atoms with Crippen LogP contribution in [-0.4, -0.2) is 29.3 Å². The lowest BCUT2D eigenvalue weighted by Gasteiger charge is -2.29. The van der Waals surface area contributed by atoms with Crippen molar-refractivity contribution in [3.05, 3.63) is 70.2 Å². The molecule has 0 saturated carbocycles. The Labute approximate surface area is 163 Å². The summed E-state index contributed by atoms with van der Waals surface area (Å²) in [5.41, 5.74) is 1.92. The molecule has 2 amide bonds. The normalized spacial score (nSPS) is 11.7. The largest absolute Gasteiger partial charge is 0.354 e. The van der Waals surface area contributed by atoms with Gasteiger partial charge in [-0.3, -0.25) is 9.59 Å². The Morgan fingerprint density at radius 3 is 2.42 bits per heavy atom. The SMILES string of the molecule is CCCNC(=O)[C@H](C)N(Cc1cccc(Br)c1)C(=O)Cc1ccccc1. The Kier molecular flexibility index (Phi) is 7.85. The number of carbonyl (C=O) groups excluding carboxylic acids is 2. The van der Waals surface area contributed by atoms with Crippen LogP contribution in [0.25, 0.3) is 0 Å². The smallest absolute Gasteiger partial charge is 0.242 e. The topological polar surface area (TPSA) is 49.4 Å². The predicted molar refractivity (Wildman–Crippen MR) is 108 cm³/mol. The maximum absolute atomic E-state index is 13.0. The van der Waals surface area contributed by atoms with Gasteiger partial charge in [0.05, 0.1) is 6.42 Å². The number of benzene rings is 2. The Morgan fingerprint density at radius 2 is 1.77 bits per heavy atom. The molecule has 0 spiro atoms. The van der Waals surface area contributed by atoms with Gasteiger partial charge in [-0.05, 0) is 36.6 Å². The summed E-state index contributed by atoms with van der Waals surface area (Å²) in [7, 11) is 0. The monoisotopic (exact) mass is 416 g/mol. The first-order valence-electron chi connectivity index (χ1n) is 8.86. The predicted octanol–water partition coefficient (Wildman–Crippen LogP) is 3.94. The van der Waals surface area contributed by atoms with Gasteiger partial charge in [-0.15, -0.1) is 0 Å². The number of nitrogens with one attached hydrogen (secondary N) is 1. The molecule has 2 rings (SSSR count). The second kappa shape index (κ2) is 10.1. The molecule has 0 aliphatic heterocycles. The molecule has 1 N–H and O–H groups in total. The fourth-order valence-corrected chi connectivity index (χ4v) is 3.13. The minimum Gasteiger partial charge on any atom is -0.354 e. The number of halogens is 1. The summed E-state index contributed by atoms with van der Waals surface area (Å²) in [5.74, 6) is -0.182. The van der Waals surface area contributed by atoms with E-state index in [1.54, 1.807) is 11.8 Å². The van der Waals surface area contributed by atoms with Crippen LogP contribution in [0.4, 0.5) is 0 Å². The Morgan fingerprint density at radius 1 is 1.08 bits per heavy atom. The Balaban J connectivity index is 2.19. The summed E-state index contributed by atoms with van der Waals surface area (Å²) in [4.78, 5) is 27.1. The highest BCUT2D eigenvalue weighted by molar-refractivity contribution is 9.10. The lowest BCUT2D eigenvalue weighted by molar-refractivity contribution is -0.140. The van der Waals surface area contributed by atoms with Crippen molar-refractivity contribution in [2.75, 3.05) is 6.54 Å². The summed E-state index contributed by atoms with van der Waals surface area (Å²) in [5, 5.41) is 2.89. The molecule has 138 valence electrons. The van der Waals surface area contributed by atoms with Gasteiger partial charge in [-0.25, -0.2) is 0 Å². The van der Waals surface area contributed by atoms with Gasteiger partial charge in [0, 0.05) is 17.6 Å². The molecule has 5 heteroatoms. The molecule has 0 fully saturated rings. The Bertz CT molecular complexity index is 734. The zero-order valence-electron chi connectivity index (χ0n) is 15.2. The molecule has 1 atom stereocenters. The maximum Gasteiger partial charge on any atom is 0.242 e. The van der Waals surface area contributed by atoms with Crippen molar-refractivity contribution < 1.29 is 9.59 Å². The lowest BCUT2D eigenvalue weighted by Crippen LogP contribution is -2.48. The number of hydrogen-bond acceptors (Lipinski definition) is 2. The van der Waals surface area contributed by atoms with Gasteiger partial charge in [0.2, 0.25) is 11.8 Å². The first kappa shape index (κ1) is 20.2. The fraction of sp³-hybridized carbons (Fsp3) is 0.333. The summed E-state index contributed by atoms with van der Waals surface area (Å²) in [6.07, 6.45) is 1.14. The van der Waals surface area contributed by atoms with Crippen molar-refractivity contribution in [2.45, 2.75) is 39.3 Å². The first-order valence-corrected chi connectivity index (χ1v) is 9.66. The molecule has 0 aromatic heterocycles. The molecular formula is C21H25BrN2O2. The second-order valence-corrected chi connectivity index (χ2v) is 7.20. The minimum absolute atomic E-state index is 0.0599. The lowest BCUT2D eigenvalue weighted by atomic mass is 10.1. The fourth-order valence-electron chi connectivity index (χ4n) is 2.68. The number of hydrogen-bond donors (Lipinski definition) is 1. The summed E-state index contributed by atoms with van der Waals surface area (Å²) >= 11 is 3.46. The number of rotatable bonds is 8. The van der Waals surface area contributed by atoms with E-state index in [-0.39, 0.29) is 18.2 Å². The minimum atomic E-state index is -0.531. The summed E-state index contributed by atoms with van der Waals surface area (Å²) in [6.45, 7) is 4.79.